The number of halogens is 1. The fraction of sp³-hybridized carbons (Fsp3) is 0.333. The van der Waals surface area contributed by atoms with E-state index in [2.05, 4.69) is 6.07 Å². The summed E-state index contributed by atoms with van der Waals surface area (Å²) in [4.78, 5) is 0. The highest BCUT2D eigenvalue weighted by Crippen LogP contribution is 2.18. The maximum Gasteiger partial charge on any atom is 0.0850 e. The third-order valence-corrected chi connectivity index (χ3v) is 1.99. The van der Waals surface area contributed by atoms with Crippen molar-refractivity contribution in [2.75, 3.05) is 6.61 Å². The minimum Gasteiger partial charge on any atom is -0.373 e. The van der Waals surface area contributed by atoms with Crippen LogP contribution in [-0.4, -0.2) is 12.7 Å². The maximum absolute atomic E-state index is 5.81. The van der Waals surface area contributed by atoms with E-state index < -0.39 is 0 Å². The molecule has 0 N–H and O–H groups in total. The molecule has 1 heterocycles. The lowest BCUT2D eigenvalue weighted by molar-refractivity contribution is 0.407. The standard InChI is InChI=1S/C9H9ClO/c10-8-3-1-2-7(4-8)5-9-6-11-9/h1-4,9H,5-6H2. The molecule has 1 atom stereocenters. The quantitative estimate of drug-likeness (QED) is 0.618. The highest BCUT2D eigenvalue weighted by Gasteiger charge is 2.22. The first-order valence-corrected chi connectivity index (χ1v) is 4.08. The summed E-state index contributed by atoms with van der Waals surface area (Å²) in [5, 5.41) is 0.808. The highest BCUT2D eigenvalue weighted by atomic mass is 35.5. The van der Waals surface area contributed by atoms with Crippen molar-refractivity contribution in [3.05, 3.63) is 34.9 Å². The average Bonchev–Trinajstić information content (AvgIpc) is 2.71. The summed E-state index contributed by atoms with van der Waals surface area (Å²) in [5.41, 5.74) is 1.26. The smallest absolute Gasteiger partial charge is 0.0850 e. The van der Waals surface area contributed by atoms with E-state index in [-0.39, 0.29) is 0 Å². The minimum atomic E-state index is 0.452. The molecule has 2 heteroatoms. The van der Waals surface area contributed by atoms with E-state index in [0.29, 0.717) is 6.10 Å². The molecule has 1 aliphatic rings. The van der Waals surface area contributed by atoms with Gasteiger partial charge in [-0.3, -0.25) is 0 Å². The van der Waals surface area contributed by atoms with Gasteiger partial charge < -0.3 is 4.74 Å². The molecular weight excluding hydrogens is 160 g/mol. The van der Waals surface area contributed by atoms with Crippen LogP contribution in [0.4, 0.5) is 0 Å². The van der Waals surface area contributed by atoms with Crippen LogP contribution in [0, 0.1) is 0 Å². The van der Waals surface area contributed by atoms with Gasteiger partial charge in [0.05, 0.1) is 12.7 Å². The second kappa shape index (κ2) is 2.84. The van der Waals surface area contributed by atoms with Gasteiger partial charge >= 0.3 is 0 Å². The molecule has 0 spiro atoms. The Morgan fingerprint density at radius 3 is 3.00 bits per heavy atom. The molecule has 1 unspecified atom stereocenters. The molecular formula is C9H9ClO. The average molecular weight is 169 g/mol. The second-order valence-electron chi connectivity index (χ2n) is 2.79. The van der Waals surface area contributed by atoms with Crippen LogP contribution in [-0.2, 0) is 11.2 Å². The fourth-order valence-electron chi connectivity index (χ4n) is 1.11. The Kier molecular flexibility index (Phi) is 1.84. The zero-order valence-corrected chi connectivity index (χ0v) is 6.84. The van der Waals surface area contributed by atoms with E-state index in [1.54, 1.807) is 0 Å². The first kappa shape index (κ1) is 7.14. The molecule has 1 aromatic carbocycles. The SMILES string of the molecule is Clc1cccc(CC2CO2)c1. The predicted molar refractivity (Wildman–Crippen MR) is 44.9 cm³/mol. The first-order chi connectivity index (χ1) is 5.34. The van der Waals surface area contributed by atoms with E-state index in [1.165, 1.54) is 5.56 Å². The number of epoxide rings is 1. The number of hydrogen-bond donors (Lipinski definition) is 0. The molecule has 0 amide bonds. The van der Waals surface area contributed by atoms with Crippen LogP contribution in [0.15, 0.2) is 24.3 Å². The Morgan fingerprint density at radius 2 is 2.36 bits per heavy atom. The van der Waals surface area contributed by atoms with Crippen LogP contribution in [0.5, 0.6) is 0 Å². The molecule has 0 aromatic heterocycles. The predicted octanol–water partition coefficient (Wildman–Crippen LogP) is 2.28. The molecule has 2 rings (SSSR count). The van der Waals surface area contributed by atoms with Gasteiger partial charge in [0, 0.05) is 11.4 Å². The summed E-state index contributed by atoms with van der Waals surface area (Å²) in [5.74, 6) is 0. The molecule has 0 aliphatic carbocycles. The largest absolute Gasteiger partial charge is 0.373 e. The third-order valence-electron chi connectivity index (χ3n) is 1.75. The van der Waals surface area contributed by atoms with Gasteiger partial charge in [-0.25, -0.2) is 0 Å². The van der Waals surface area contributed by atoms with Gasteiger partial charge in [0.1, 0.15) is 0 Å². The summed E-state index contributed by atoms with van der Waals surface area (Å²) in [6, 6.07) is 7.93. The van der Waals surface area contributed by atoms with E-state index in [0.717, 1.165) is 18.1 Å². The minimum absolute atomic E-state index is 0.452. The number of benzene rings is 1. The van der Waals surface area contributed by atoms with Crippen LogP contribution >= 0.6 is 11.6 Å². The van der Waals surface area contributed by atoms with Gasteiger partial charge in [-0.1, -0.05) is 23.7 Å². The highest BCUT2D eigenvalue weighted by molar-refractivity contribution is 6.30. The number of rotatable bonds is 2. The van der Waals surface area contributed by atoms with E-state index >= 15 is 0 Å². The fourth-order valence-corrected chi connectivity index (χ4v) is 1.33. The summed E-state index contributed by atoms with van der Waals surface area (Å²) in [6.07, 6.45) is 1.45. The third kappa shape index (κ3) is 1.95. The van der Waals surface area contributed by atoms with E-state index in [1.807, 2.05) is 18.2 Å². The van der Waals surface area contributed by atoms with Gasteiger partial charge in [-0.2, -0.15) is 0 Å². The number of ether oxygens (including phenoxy) is 1. The Labute approximate surface area is 70.9 Å². The normalized spacial score (nSPS) is 21.7. The van der Waals surface area contributed by atoms with Crippen LogP contribution in [0.3, 0.4) is 0 Å². The van der Waals surface area contributed by atoms with Crippen LogP contribution < -0.4 is 0 Å². The number of hydrogen-bond acceptors (Lipinski definition) is 1. The second-order valence-corrected chi connectivity index (χ2v) is 3.23. The Hall–Kier alpha value is -0.530. The van der Waals surface area contributed by atoms with Gasteiger partial charge in [-0.15, -0.1) is 0 Å². The molecule has 1 fully saturated rings. The van der Waals surface area contributed by atoms with Gasteiger partial charge in [-0.05, 0) is 17.7 Å². The molecule has 1 nitrogen and oxygen atoms in total. The van der Waals surface area contributed by atoms with Crippen molar-refractivity contribution >= 4 is 11.6 Å². The van der Waals surface area contributed by atoms with Crippen molar-refractivity contribution in [1.82, 2.24) is 0 Å². The molecule has 1 aliphatic heterocycles. The van der Waals surface area contributed by atoms with Crippen LogP contribution in [0.25, 0.3) is 0 Å². The maximum atomic E-state index is 5.81. The molecule has 1 aromatic rings. The van der Waals surface area contributed by atoms with E-state index in [9.17, 15) is 0 Å². The zero-order chi connectivity index (χ0) is 7.68. The van der Waals surface area contributed by atoms with Gasteiger partial charge in [0.2, 0.25) is 0 Å². The van der Waals surface area contributed by atoms with E-state index in [4.69, 9.17) is 16.3 Å². The summed E-state index contributed by atoms with van der Waals surface area (Å²) in [6.45, 7) is 0.909. The van der Waals surface area contributed by atoms with Crippen molar-refractivity contribution in [2.24, 2.45) is 0 Å². The Morgan fingerprint density at radius 1 is 1.55 bits per heavy atom. The first-order valence-electron chi connectivity index (χ1n) is 3.70. The molecule has 58 valence electrons. The Bertz CT molecular complexity index is 255. The molecule has 0 radical (unpaired) electrons. The van der Waals surface area contributed by atoms with Crippen molar-refractivity contribution < 1.29 is 4.74 Å². The molecule has 0 bridgehead atoms. The summed E-state index contributed by atoms with van der Waals surface area (Å²) in [7, 11) is 0. The van der Waals surface area contributed by atoms with Crippen molar-refractivity contribution in [2.45, 2.75) is 12.5 Å². The Balaban J connectivity index is 2.10. The molecule has 11 heavy (non-hydrogen) atoms. The lowest BCUT2D eigenvalue weighted by atomic mass is 10.1. The van der Waals surface area contributed by atoms with Crippen molar-refractivity contribution in [3.8, 4) is 0 Å². The van der Waals surface area contributed by atoms with Crippen molar-refractivity contribution in [1.29, 1.82) is 0 Å². The topological polar surface area (TPSA) is 12.5 Å². The zero-order valence-electron chi connectivity index (χ0n) is 6.09. The van der Waals surface area contributed by atoms with Gasteiger partial charge in [0.15, 0.2) is 0 Å². The van der Waals surface area contributed by atoms with Gasteiger partial charge in [0.25, 0.3) is 0 Å². The molecule has 0 saturated carbocycles. The van der Waals surface area contributed by atoms with Crippen LogP contribution in [0.2, 0.25) is 5.02 Å². The summed E-state index contributed by atoms with van der Waals surface area (Å²) < 4.78 is 5.11. The molecule has 1 saturated heterocycles. The summed E-state index contributed by atoms with van der Waals surface area (Å²) >= 11 is 5.81. The van der Waals surface area contributed by atoms with Crippen molar-refractivity contribution in [3.63, 3.8) is 0 Å². The van der Waals surface area contributed by atoms with Crippen LogP contribution in [0.1, 0.15) is 5.56 Å². The monoisotopic (exact) mass is 168 g/mol. The lowest BCUT2D eigenvalue weighted by Gasteiger charge is -1.96. The lowest BCUT2D eigenvalue weighted by Crippen LogP contribution is -1.91.